The molecule has 1 rings (SSSR count). The topological polar surface area (TPSA) is 12.0 Å². The highest BCUT2D eigenvalue weighted by atomic mass is 19.3. The van der Waals surface area contributed by atoms with Gasteiger partial charge in [-0.15, -0.1) is 0 Å². The minimum Gasteiger partial charge on any atom is -0.319 e. The van der Waals surface area contributed by atoms with Crippen LogP contribution in [-0.4, -0.2) is 13.6 Å². The second-order valence-corrected chi connectivity index (χ2v) is 4.92. The molecule has 0 spiro atoms. The van der Waals surface area contributed by atoms with Gasteiger partial charge in [-0.1, -0.05) is 32.0 Å². The molecule has 0 amide bonds. The Morgan fingerprint density at radius 2 is 1.94 bits per heavy atom. The van der Waals surface area contributed by atoms with E-state index in [0.29, 0.717) is 5.92 Å². The zero-order valence-electron chi connectivity index (χ0n) is 10.9. The molecule has 1 aromatic carbocycles. The van der Waals surface area contributed by atoms with Crippen LogP contribution in [0.2, 0.25) is 0 Å². The predicted octanol–water partition coefficient (Wildman–Crippen LogP) is 3.76. The SMILES string of the molecule is CNCC(c1cccc(C(C)(F)F)c1)C(C)C. The monoisotopic (exact) mass is 241 g/mol. The Bertz CT molecular complexity index is 355. The van der Waals surface area contributed by atoms with Gasteiger partial charge in [0.2, 0.25) is 0 Å². The summed E-state index contributed by atoms with van der Waals surface area (Å²) in [6.45, 7) is 5.96. The Labute approximate surface area is 102 Å². The molecule has 1 unspecified atom stereocenters. The zero-order valence-corrected chi connectivity index (χ0v) is 10.9. The number of halogens is 2. The van der Waals surface area contributed by atoms with E-state index in [-0.39, 0.29) is 11.5 Å². The molecule has 0 aliphatic heterocycles. The highest BCUT2D eigenvalue weighted by Crippen LogP contribution is 2.31. The minimum absolute atomic E-state index is 0.0942. The Kier molecular flexibility index (Phi) is 4.63. The molecular weight excluding hydrogens is 220 g/mol. The van der Waals surface area contributed by atoms with Gasteiger partial charge in [0.15, 0.2) is 0 Å². The van der Waals surface area contributed by atoms with Gasteiger partial charge >= 0.3 is 0 Å². The van der Waals surface area contributed by atoms with Crippen LogP contribution in [0, 0.1) is 5.92 Å². The number of hydrogen-bond donors (Lipinski definition) is 1. The molecule has 0 heterocycles. The molecule has 96 valence electrons. The van der Waals surface area contributed by atoms with Gasteiger partial charge in [-0.05, 0) is 30.5 Å². The molecule has 3 heteroatoms. The number of rotatable bonds is 5. The highest BCUT2D eigenvalue weighted by Gasteiger charge is 2.25. The fraction of sp³-hybridized carbons (Fsp3) is 0.571. The second kappa shape index (κ2) is 5.58. The maximum Gasteiger partial charge on any atom is 0.270 e. The summed E-state index contributed by atoms with van der Waals surface area (Å²) in [5, 5.41) is 3.12. The summed E-state index contributed by atoms with van der Waals surface area (Å²) >= 11 is 0. The number of nitrogens with one attached hydrogen (secondary N) is 1. The normalized spacial score (nSPS) is 14.1. The van der Waals surface area contributed by atoms with Crippen molar-refractivity contribution in [3.05, 3.63) is 35.4 Å². The molecule has 1 nitrogen and oxygen atoms in total. The van der Waals surface area contributed by atoms with Crippen molar-refractivity contribution >= 4 is 0 Å². The first-order valence-corrected chi connectivity index (χ1v) is 5.99. The molecule has 0 bridgehead atoms. The van der Waals surface area contributed by atoms with Gasteiger partial charge in [0.1, 0.15) is 0 Å². The average molecular weight is 241 g/mol. The van der Waals surface area contributed by atoms with Gasteiger partial charge in [0, 0.05) is 19.0 Å². The smallest absolute Gasteiger partial charge is 0.270 e. The van der Waals surface area contributed by atoms with E-state index in [0.717, 1.165) is 19.0 Å². The van der Waals surface area contributed by atoms with Gasteiger partial charge in [0.05, 0.1) is 0 Å². The van der Waals surface area contributed by atoms with Crippen molar-refractivity contribution in [3.63, 3.8) is 0 Å². The third-order valence-corrected chi connectivity index (χ3v) is 3.05. The van der Waals surface area contributed by atoms with Gasteiger partial charge in [0.25, 0.3) is 5.92 Å². The third kappa shape index (κ3) is 3.77. The fourth-order valence-corrected chi connectivity index (χ4v) is 2.00. The van der Waals surface area contributed by atoms with Gasteiger partial charge in [-0.2, -0.15) is 0 Å². The molecular formula is C14H21F2N. The molecule has 0 aliphatic carbocycles. The number of likely N-dealkylation sites (N-methyl/N-ethyl adjacent to an activating group) is 1. The lowest BCUT2D eigenvalue weighted by atomic mass is 9.87. The maximum atomic E-state index is 13.3. The van der Waals surface area contributed by atoms with E-state index in [1.165, 1.54) is 6.07 Å². The van der Waals surface area contributed by atoms with E-state index >= 15 is 0 Å². The highest BCUT2D eigenvalue weighted by molar-refractivity contribution is 5.29. The first-order valence-electron chi connectivity index (χ1n) is 5.99. The first-order chi connectivity index (χ1) is 7.86. The van der Waals surface area contributed by atoms with Crippen molar-refractivity contribution in [1.82, 2.24) is 5.32 Å². The summed E-state index contributed by atoms with van der Waals surface area (Å²) in [6, 6.07) is 6.76. The van der Waals surface area contributed by atoms with Crippen LogP contribution in [0.15, 0.2) is 24.3 Å². The lowest BCUT2D eigenvalue weighted by molar-refractivity contribution is 0.0173. The van der Waals surface area contributed by atoms with E-state index in [9.17, 15) is 8.78 Å². The van der Waals surface area contributed by atoms with Gasteiger partial charge in [-0.25, -0.2) is 8.78 Å². The Morgan fingerprint density at radius 3 is 2.41 bits per heavy atom. The Balaban J connectivity index is 3.04. The lowest BCUT2D eigenvalue weighted by Gasteiger charge is -2.22. The summed E-state index contributed by atoms with van der Waals surface area (Å²) in [5.74, 6) is -2.08. The van der Waals surface area contributed by atoms with Crippen molar-refractivity contribution in [2.24, 2.45) is 5.92 Å². The second-order valence-electron chi connectivity index (χ2n) is 4.92. The van der Waals surface area contributed by atoms with E-state index in [4.69, 9.17) is 0 Å². The maximum absolute atomic E-state index is 13.3. The number of benzene rings is 1. The summed E-state index contributed by atoms with van der Waals surface area (Å²) < 4.78 is 26.5. The molecule has 17 heavy (non-hydrogen) atoms. The number of alkyl halides is 2. The third-order valence-electron chi connectivity index (χ3n) is 3.05. The molecule has 0 aromatic heterocycles. The molecule has 0 radical (unpaired) electrons. The minimum atomic E-state index is -2.77. The summed E-state index contributed by atoms with van der Waals surface area (Å²) in [6.07, 6.45) is 0. The van der Waals surface area contributed by atoms with Crippen LogP contribution in [0.5, 0.6) is 0 Å². The van der Waals surface area contributed by atoms with Crippen LogP contribution in [0.1, 0.15) is 37.8 Å². The van der Waals surface area contributed by atoms with E-state index in [1.54, 1.807) is 12.1 Å². The van der Waals surface area contributed by atoms with E-state index in [1.807, 2.05) is 13.1 Å². The lowest BCUT2D eigenvalue weighted by Crippen LogP contribution is -2.22. The Morgan fingerprint density at radius 1 is 1.29 bits per heavy atom. The molecule has 1 atom stereocenters. The van der Waals surface area contributed by atoms with Crippen LogP contribution in [-0.2, 0) is 5.92 Å². The van der Waals surface area contributed by atoms with E-state index in [2.05, 4.69) is 19.2 Å². The van der Waals surface area contributed by atoms with Crippen LogP contribution in [0.4, 0.5) is 8.78 Å². The van der Waals surface area contributed by atoms with Crippen LogP contribution in [0.3, 0.4) is 0 Å². The first kappa shape index (κ1) is 14.1. The van der Waals surface area contributed by atoms with Gasteiger partial charge in [-0.3, -0.25) is 0 Å². The largest absolute Gasteiger partial charge is 0.319 e. The molecule has 0 saturated carbocycles. The predicted molar refractivity (Wildman–Crippen MR) is 67.5 cm³/mol. The van der Waals surface area contributed by atoms with Crippen molar-refractivity contribution in [2.75, 3.05) is 13.6 Å². The summed E-state index contributed by atoms with van der Waals surface area (Å²) in [4.78, 5) is 0. The fourth-order valence-electron chi connectivity index (χ4n) is 2.00. The van der Waals surface area contributed by atoms with Crippen LogP contribution >= 0.6 is 0 Å². The standard InChI is InChI=1S/C14H21F2N/c1-10(2)13(9-17-4)11-6-5-7-12(8-11)14(3,15)16/h5-8,10,13,17H,9H2,1-4H3. The molecule has 0 aliphatic rings. The van der Waals surface area contributed by atoms with Crippen molar-refractivity contribution < 1.29 is 8.78 Å². The van der Waals surface area contributed by atoms with Crippen LogP contribution in [0.25, 0.3) is 0 Å². The zero-order chi connectivity index (χ0) is 13.1. The van der Waals surface area contributed by atoms with Gasteiger partial charge < -0.3 is 5.32 Å². The average Bonchev–Trinajstić information content (AvgIpc) is 2.24. The molecule has 1 N–H and O–H groups in total. The quantitative estimate of drug-likeness (QED) is 0.827. The summed E-state index contributed by atoms with van der Waals surface area (Å²) in [7, 11) is 1.88. The molecule has 1 aromatic rings. The van der Waals surface area contributed by atoms with Crippen LogP contribution < -0.4 is 5.32 Å². The molecule has 0 saturated heterocycles. The van der Waals surface area contributed by atoms with E-state index < -0.39 is 5.92 Å². The van der Waals surface area contributed by atoms with Crippen molar-refractivity contribution in [2.45, 2.75) is 32.6 Å². The Hall–Kier alpha value is -0.960. The summed E-state index contributed by atoms with van der Waals surface area (Å²) in [5.41, 5.74) is 1.07. The molecule has 0 fully saturated rings. The number of hydrogen-bond acceptors (Lipinski definition) is 1. The van der Waals surface area contributed by atoms with Crippen molar-refractivity contribution in [3.8, 4) is 0 Å². The van der Waals surface area contributed by atoms with Crippen molar-refractivity contribution in [1.29, 1.82) is 0 Å².